The van der Waals surface area contributed by atoms with Crippen LogP contribution in [0.25, 0.3) is 10.9 Å². The van der Waals surface area contributed by atoms with Gasteiger partial charge in [-0.05, 0) is 31.9 Å². The van der Waals surface area contributed by atoms with Crippen molar-refractivity contribution in [2.24, 2.45) is 0 Å². The molecule has 0 spiro atoms. The summed E-state index contributed by atoms with van der Waals surface area (Å²) in [4.78, 5) is 28.7. The molecule has 0 bridgehead atoms. The summed E-state index contributed by atoms with van der Waals surface area (Å²) < 4.78 is 31.9. The number of hydrogen-bond acceptors (Lipinski definition) is 6. The minimum atomic E-state index is -1.44. The molecule has 162 valence electrons. The molecule has 8 nitrogen and oxygen atoms in total. The Morgan fingerprint density at radius 3 is 2.71 bits per heavy atom. The summed E-state index contributed by atoms with van der Waals surface area (Å²) in [6.45, 7) is 2.25. The van der Waals surface area contributed by atoms with Gasteiger partial charge < -0.3 is 26.0 Å². The fourth-order valence-corrected chi connectivity index (χ4v) is 4.09. The van der Waals surface area contributed by atoms with Gasteiger partial charge in [0.2, 0.25) is 5.43 Å². The summed E-state index contributed by atoms with van der Waals surface area (Å²) in [5, 5.41) is 14.8. The van der Waals surface area contributed by atoms with Crippen LogP contribution in [0.5, 0.6) is 0 Å². The van der Waals surface area contributed by atoms with Gasteiger partial charge in [0.1, 0.15) is 17.1 Å². The Morgan fingerprint density at radius 1 is 1.29 bits per heavy atom. The van der Waals surface area contributed by atoms with Crippen LogP contribution >= 0.6 is 0 Å². The van der Waals surface area contributed by atoms with E-state index in [2.05, 4.69) is 15.6 Å². The average Bonchev–Trinajstić information content (AvgIpc) is 3.12. The molecule has 4 rings (SSSR count). The number of carbonyl (C=O) groups is 1. The number of rotatable bonds is 6. The van der Waals surface area contributed by atoms with Crippen LogP contribution in [-0.2, 0) is 6.42 Å². The van der Waals surface area contributed by atoms with E-state index in [0.29, 0.717) is 25.2 Å². The topological polar surface area (TPSA) is 122 Å². The number of pyridine rings is 2. The molecule has 0 fully saturated rings. The van der Waals surface area contributed by atoms with Crippen LogP contribution in [0.15, 0.2) is 29.2 Å². The van der Waals surface area contributed by atoms with Gasteiger partial charge in [-0.15, -0.1) is 0 Å². The highest BCUT2D eigenvalue weighted by molar-refractivity contribution is 6.00. The summed E-state index contributed by atoms with van der Waals surface area (Å²) in [7, 11) is 0. The van der Waals surface area contributed by atoms with Gasteiger partial charge in [-0.25, -0.2) is 18.6 Å². The van der Waals surface area contributed by atoms with Gasteiger partial charge in [0.15, 0.2) is 11.6 Å². The molecule has 1 aliphatic heterocycles. The lowest BCUT2D eigenvalue weighted by atomic mass is 10.0. The highest BCUT2D eigenvalue weighted by Crippen LogP contribution is 2.38. The molecule has 0 saturated carbocycles. The Labute approximate surface area is 175 Å². The summed E-state index contributed by atoms with van der Waals surface area (Å²) in [6, 6.07) is 5.06. The Hall–Kier alpha value is -3.69. The Morgan fingerprint density at radius 2 is 2.03 bits per heavy atom. The Bertz CT molecular complexity index is 1240. The van der Waals surface area contributed by atoms with E-state index >= 15 is 4.39 Å². The van der Waals surface area contributed by atoms with Crippen LogP contribution in [0.1, 0.15) is 35.4 Å². The highest BCUT2D eigenvalue weighted by atomic mass is 19.1. The average molecular weight is 429 g/mol. The first-order chi connectivity index (χ1) is 14.8. The standard InChI is InChI=1S/C21H21F2N5O3/c1-10-5-6-11-13(21(30)31)20(29)14-17(24)15(22)18(16(23)19(14)28(10)11)27-9-8-26-12-4-2-3-7-25-12/h2-4,7,10,27H,5-6,8-9,24H2,1H3,(H,25,26)(H,30,31)/t10-/m1/s1. The number of hydrogen-bond donors (Lipinski definition) is 4. The fraction of sp³-hybridized carbons (Fsp3) is 0.286. The molecule has 3 heterocycles. The van der Waals surface area contributed by atoms with E-state index in [1.165, 1.54) is 4.57 Å². The maximum absolute atomic E-state index is 15.5. The smallest absolute Gasteiger partial charge is 0.341 e. The number of carboxylic acid groups (broad SMARTS) is 1. The van der Waals surface area contributed by atoms with E-state index in [0.717, 1.165) is 0 Å². The van der Waals surface area contributed by atoms with Crippen molar-refractivity contribution in [3.63, 3.8) is 0 Å². The molecule has 0 aliphatic carbocycles. The number of benzene rings is 1. The van der Waals surface area contributed by atoms with E-state index in [1.54, 1.807) is 31.3 Å². The highest BCUT2D eigenvalue weighted by Gasteiger charge is 2.33. The molecule has 1 aromatic carbocycles. The van der Waals surface area contributed by atoms with E-state index in [4.69, 9.17) is 5.73 Å². The van der Waals surface area contributed by atoms with Crippen molar-refractivity contribution in [2.75, 3.05) is 29.5 Å². The zero-order chi connectivity index (χ0) is 22.3. The number of nitrogen functional groups attached to an aromatic ring is 1. The third-order valence-corrected chi connectivity index (χ3v) is 5.52. The van der Waals surface area contributed by atoms with Crippen LogP contribution in [0.3, 0.4) is 0 Å². The molecule has 3 aromatic rings. The minimum Gasteiger partial charge on any atom is -0.477 e. The molecule has 1 aliphatic rings. The first-order valence-corrected chi connectivity index (χ1v) is 9.82. The monoisotopic (exact) mass is 429 g/mol. The lowest BCUT2D eigenvalue weighted by Crippen LogP contribution is -2.25. The predicted molar refractivity (Wildman–Crippen MR) is 114 cm³/mol. The lowest BCUT2D eigenvalue weighted by Gasteiger charge is -2.20. The second-order valence-corrected chi connectivity index (χ2v) is 7.42. The molecule has 0 amide bonds. The van der Waals surface area contributed by atoms with Crippen molar-refractivity contribution < 1.29 is 18.7 Å². The van der Waals surface area contributed by atoms with E-state index in [9.17, 15) is 19.1 Å². The third kappa shape index (κ3) is 3.33. The number of anilines is 3. The molecule has 0 saturated heterocycles. The van der Waals surface area contributed by atoms with Crippen molar-refractivity contribution in [1.82, 2.24) is 9.55 Å². The van der Waals surface area contributed by atoms with E-state index in [-0.39, 0.29) is 23.8 Å². The van der Waals surface area contributed by atoms with Crippen LogP contribution in [-0.4, -0.2) is 33.7 Å². The van der Waals surface area contributed by atoms with Gasteiger partial charge in [0, 0.05) is 31.0 Å². The van der Waals surface area contributed by atoms with Crippen molar-refractivity contribution >= 4 is 34.1 Å². The second-order valence-electron chi connectivity index (χ2n) is 7.42. The van der Waals surface area contributed by atoms with Crippen LogP contribution < -0.4 is 21.8 Å². The molecule has 1 atom stereocenters. The number of nitrogens with one attached hydrogen (secondary N) is 2. The van der Waals surface area contributed by atoms with E-state index < -0.39 is 45.4 Å². The predicted octanol–water partition coefficient (Wildman–Crippen LogP) is 2.99. The Kier molecular flexibility index (Phi) is 5.22. The number of aromatic carboxylic acids is 1. The zero-order valence-corrected chi connectivity index (χ0v) is 16.7. The maximum atomic E-state index is 15.5. The summed E-state index contributed by atoms with van der Waals surface area (Å²) in [5.74, 6) is -2.92. The van der Waals surface area contributed by atoms with Gasteiger partial charge in [-0.3, -0.25) is 4.79 Å². The first kappa shape index (κ1) is 20.6. The second kappa shape index (κ2) is 7.86. The third-order valence-electron chi connectivity index (χ3n) is 5.52. The van der Waals surface area contributed by atoms with Gasteiger partial charge in [0.05, 0.1) is 16.6 Å². The van der Waals surface area contributed by atoms with Crippen molar-refractivity contribution in [3.05, 3.63) is 57.5 Å². The number of nitrogens with two attached hydrogens (primary N) is 1. The molecular formula is C21H21F2N5O3. The van der Waals surface area contributed by atoms with Crippen molar-refractivity contribution in [1.29, 1.82) is 0 Å². The number of fused-ring (bicyclic) bond motifs is 3. The summed E-state index contributed by atoms with van der Waals surface area (Å²) >= 11 is 0. The van der Waals surface area contributed by atoms with Crippen molar-refractivity contribution in [3.8, 4) is 0 Å². The van der Waals surface area contributed by atoms with Crippen LogP contribution in [0, 0.1) is 11.6 Å². The summed E-state index contributed by atoms with van der Waals surface area (Å²) in [5.41, 5.74) is 3.45. The van der Waals surface area contributed by atoms with Gasteiger partial charge in [-0.1, -0.05) is 6.07 Å². The molecule has 31 heavy (non-hydrogen) atoms. The first-order valence-electron chi connectivity index (χ1n) is 9.82. The number of carboxylic acids is 1. The number of nitrogens with zero attached hydrogens (tertiary/aromatic N) is 2. The molecule has 0 unspecified atom stereocenters. The minimum absolute atomic E-state index is 0.148. The van der Waals surface area contributed by atoms with Crippen molar-refractivity contribution in [2.45, 2.75) is 25.8 Å². The SMILES string of the molecule is C[C@@H]1CCc2c(C(=O)O)c(=O)c3c(N)c(F)c(NCCNc4ccccn4)c(F)c3n21. The Balaban J connectivity index is 1.78. The number of halogens is 2. The maximum Gasteiger partial charge on any atom is 0.341 e. The van der Waals surface area contributed by atoms with Crippen LogP contribution in [0.2, 0.25) is 0 Å². The van der Waals surface area contributed by atoms with Gasteiger partial charge >= 0.3 is 5.97 Å². The molecule has 2 aromatic heterocycles. The lowest BCUT2D eigenvalue weighted by molar-refractivity contribution is 0.0694. The zero-order valence-electron chi connectivity index (χ0n) is 16.7. The largest absolute Gasteiger partial charge is 0.477 e. The molecular weight excluding hydrogens is 408 g/mol. The van der Waals surface area contributed by atoms with Crippen LogP contribution in [0.4, 0.5) is 26.0 Å². The molecule has 10 heteroatoms. The van der Waals surface area contributed by atoms with Gasteiger partial charge in [0.25, 0.3) is 0 Å². The normalized spacial score (nSPS) is 15.1. The number of aromatic nitrogens is 2. The van der Waals surface area contributed by atoms with E-state index in [1.807, 2.05) is 0 Å². The quantitative estimate of drug-likeness (QED) is 0.351. The molecule has 0 radical (unpaired) electrons. The molecule has 5 N–H and O–H groups in total. The van der Waals surface area contributed by atoms with Gasteiger partial charge in [-0.2, -0.15) is 0 Å². The fourth-order valence-electron chi connectivity index (χ4n) is 4.09. The summed E-state index contributed by atoms with van der Waals surface area (Å²) in [6.07, 6.45) is 2.46.